The summed E-state index contributed by atoms with van der Waals surface area (Å²) in [6.45, 7) is 2.43. The van der Waals surface area contributed by atoms with Crippen LogP contribution in [0.1, 0.15) is 6.92 Å². The first-order valence-electron chi connectivity index (χ1n) is 8.93. The van der Waals surface area contributed by atoms with Crippen molar-refractivity contribution < 1.29 is 14.3 Å². The van der Waals surface area contributed by atoms with Gasteiger partial charge in [-0.15, -0.1) is 0 Å². The molecule has 1 heterocycles. The summed E-state index contributed by atoms with van der Waals surface area (Å²) in [5.41, 5.74) is 0.897. The van der Waals surface area contributed by atoms with Gasteiger partial charge in [0.25, 0.3) is 5.56 Å². The fraction of sp³-hybridized carbons (Fsp3) is 0.200. The van der Waals surface area contributed by atoms with Crippen LogP contribution >= 0.6 is 11.8 Å². The van der Waals surface area contributed by atoms with Crippen LogP contribution in [0.2, 0.25) is 0 Å². The quantitative estimate of drug-likeness (QED) is 0.476. The molecular formula is C20H20N4O4S. The maximum Gasteiger partial charge on any atom is 0.321 e. The molecule has 0 atom stereocenters. The number of nitrogens with zero attached hydrogens (tertiary/aromatic N) is 2. The third-order valence-corrected chi connectivity index (χ3v) is 4.90. The molecule has 150 valence electrons. The van der Waals surface area contributed by atoms with Gasteiger partial charge in [-0.1, -0.05) is 23.9 Å². The molecule has 0 aliphatic carbocycles. The molecule has 0 unspecified atom stereocenters. The van der Waals surface area contributed by atoms with Gasteiger partial charge in [0.05, 0.1) is 29.0 Å². The molecule has 0 radical (unpaired) electrons. The van der Waals surface area contributed by atoms with Crippen molar-refractivity contribution in [2.75, 3.05) is 19.4 Å². The van der Waals surface area contributed by atoms with E-state index in [-0.39, 0.29) is 11.3 Å². The van der Waals surface area contributed by atoms with Crippen molar-refractivity contribution in [2.45, 2.75) is 12.1 Å². The number of ether oxygens (including phenoxy) is 1. The molecule has 9 heteroatoms. The number of para-hydroxylation sites is 1. The summed E-state index contributed by atoms with van der Waals surface area (Å²) in [5, 5.41) is 5.33. The molecular weight excluding hydrogens is 392 g/mol. The Balaban J connectivity index is 2.00. The summed E-state index contributed by atoms with van der Waals surface area (Å²) in [4.78, 5) is 41.0. The van der Waals surface area contributed by atoms with Gasteiger partial charge in [-0.25, -0.2) is 9.78 Å². The van der Waals surface area contributed by atoms with E-state index in [2.05, 4.69) is 15.6 Å². The molecule has 0 bridgehead atoms. The number of carbonyl (C=O) groups is 2. The minimum Gasteiger partial charge on any atom is -0.494 e. The molecule has 0 saturated carbocycles. The average molecular weight is 412 g/mol. The van der Waals surface area contributed by atoms with Gasteiger partial charge in [0.1, 0.15) is 5.75 Å². The molecule has 0 aliphatic rings. The Hall–Kier alpha value is -3.33. The number of hydrogen-bond acceptors (Lipinski definition) is 6. The summed E-state index contributed by atoms with van der Waals surface area (Å²) < 4.78 is 6.91. The Bertz CT molecular complexity index is 1100. The number of hydrogen-bond donors (Lipinski definition) is 2. The molecule has 3 amide bonds. The molecule has 1 aromatic heterocycles. The summed E-state index contributed by atoms with van der Waals surface area (Å²) in [5.74, 6) is 0.127. The van der Waals surface area contributed by atoms with Crippen LogP contribution in [0.3, 0.4) is 0 Å². The van der Waals surface area contributed by atoms with Crippen LogP contribution in [-0.2, 0) is 4.79 Å². The van der Waals surface area contributed by atoms with Gasteiger partial charge in [-0.3, -0.25) is 19.5 Å². The molecule has 0 fully saturated rings. The Morgan fingerprint density at radius 3 is 2.55 bits per heavy atom. The largest absolute Gasteiger partial charge is 0.494 e. The number of urea groups is 1. The second-order valence-corrected chi connectivity index (χ2v) is 6.84. The minimum atomic E-state index is -0.592. The highest BCUT2D eigenvalue weighted by Crippen LogP contribution is 2.22. The predicted octanol–water partition coefficient (Wildman–Crippen LogP) is 2.33. The maximum atomic E-state index is 13.1. The summed E-state index contributed by atoms with van der Waals surface area (Å²) >= 11 is 1.07. The Labute approximate surface area is 171 Å². The van der Waals surface area contributed by atoms with Crippen LogP contribution in [0, 0.1) is 0 Å². The van der Waals surface area contributed by atoms with Gasteiger partial charge in [0, 0.05) is 7.05 Å². The average Bonchev–Trinajstić information content (AvgIpc) is 2.73. The SMILES string of the molecule is CCOc1ccc(-n2c(SCC(=O)NC(=O)NC)nc3ccccc3c2=O)cc1. The van der Waals surface area contributed by atoms with Gasteiger partial charge in [-0.05, 0) is 43.3 Å². The molecule has 3 aromatic rings. The first kappa shape index (κ1) is 20.4. The topological polar surface area (TPSA) is 102 Å². The Morgan fingerprint density at radius 2 is 1.86 bits per heavy atom. The standard InChI is InChI=1S/C20H20N4O4S/c1-3-28-14-10-8-13(9-11-14)24-18(26)15-6-4-5-7-16(15)22-20(24)29-12-17(25)23-19(27)21-2/h4-11H,3,12H2,1-2H3,(H2,21,23,25,27). The molecule has 8 nitrogen and oxygen atoms in total. The van der Waals surface area contributed by atoms with Crippen LogP contribution < -0.4 is 20.9 Å². The van der Waals surface area contributed by atoms with Crippen LogP contribution in [0.4, 0.5) is 4.79 Å². The number of amides is 3. The summed E-state index contributed by atoms with van der Waals surface area (Å²) in [6, 6.07) is 13.5. The van der Waals surface area contributed by atoms with E-state index in [4.69, 9.17) is 4.74 Å². The van der Waals surface area contributed by atoms with Gasteiger partial charge < -0.3 is 10.1 Å². The molecule has 2 N–H and O–H groups in total. The number of nitrogens with one attached hydrogen (secondary N) is 2. The van der Waals surface area contributed by atoms with Crippen molar-refractivity contribution in [3.05, 3.63) is 58.9 Å². The highest BCUT2D eigenvalue weighted by Gasteiger charge is 2.15. The second-order valence-electron chi connectivity index (χ2n) is 5.89. The zero-order chi connectivity index (χ0) is 20.8. The molecule has 0 saturated heterocycles. The first-order valence-corrected chi connectivity index (χ1v) is 9.91. The monoisotopic (exact) mass is 412 g/mol. The van der Waals surface area contributed by atoms with Gasteiger partial charge >= 0.3 is 6.03 Å². The lowest BCUT2D eigenvalue weighted by Gasteiger charge is -2.13. The zero-order valence-electron chi connectivity index (χ0n) is 16.0. The van der Waals surface area contributed by atoms with Crippen molar-refractivity contribution in [3.8, 4) is 11.4 Å². The number of aromatic nitrogens is 2. The number of rotatable bonds is 6. The van der Waals surface area contributed by atoms with Crippen molar-refractivity contribution >= 4 is 34.6 Å². The maximum absolute atomic E-state index is 13.1. The Kier molecular flexibility index (Phi) is 6.50. The third-order valence-electron chi connectivity index (χ3n) is 3.96. The third kappa shape index (κ3) is 4.75. The fourth-order valence-electron chi connectivity index (χ4n) is 2.65. The number of benzene rings is 2. The molecule has 0 aliphatic heterocycles. The van der Waals surface area contributed by atoms with E-state index in [1.165, 1.54) is 11.6 Å². The van der Waals surface area contributed by atoms with E-state index in [0.29, 0.717) is 34.1 Å². The van der Waals surface area contributed by atoms with Gasteiger partial charge in [0.15, 0.2) is 5.16 Å². The zero-order valence-corrected chi connectivity index (χ0v) is 16.8. The van der Waals surface area contributed by atoms with Crippen molar-refractivity contribution in [1.29, 1.82) is 0 Å². The summed E-state index contributed by atoms with van der Waals surface area (Å²) in [7, 11) is 1.42. The molecule has 29 heavy (non-hydrogen) atoms. The molecule has 0 spiro atoms. The number of fused-ring (bicyclic) bond motifs is 1. The van der Waals surface area contributed by atoms with Gasteiger partial charge in [0.2, 0.25) is 5.91 Å². The smallest absolute Gasteiger partial charge is 0.321 e. The lowest BCUT2D eigenvalue weighted by molar-refractivity contribution is -0.117. The van der Waals surface area contributed by atoms with E-state index in [1.54, 1.807) is 48.5 Å². The van der Waals surface area contributed by atoms with Gasteiger partial charge in [-0.2, -0.15) is 0 Å². The van der Waals surface area contributed by atoms with E-state index in [1.807, 2.05) is 6.92 Å². The van der Waals surface area contributed by atoms with E-state index in [9.17, 15) is 14.4 Å². The second kappa shape index (κ2) is 9.24. The van der Waals surface area contributed by atoms with Crippen molar-refractivity contribution in [1.82, 2.24) is 20.2 Å². The number of thioether (sulfide) groups is 1. The van der Waals surface area contributed by atoms with E-state index < -0.39 is 11.9 Å². The van der Waals surface area contributed by atoms with Crippen molar-refractivity contribution in [3.63, 3.8) is 0 Å². The van der Waals surface area contributed by atoms with E-state index >= 15 is 0 Å². The molecule has 2 aromatic carbocycles. The number of imide groups is 1. The Morgan fingerprint density at radius 1 is 1.14 bits per heavy atom. The summed E-state index contributed by atoms with van der Waals surface area (Å²) in [6.07, 6.45) is 0. The highest BCUT2D eigenvalue weighted by atomic mass is 32.2. The first-order chi connectivity index (χ1) is 14.0. The van der Waals surface area contributed by atoms with Crippen LogP contribution in [0.5, 0.6) is 5.75 Å². The predicted molar refractivity (Wildman–Crippen MR) is 112 cm³/mol. The minimum absolute atomic E-state index is 0.0742. The van der Waals surface area contributed by atoms with Crippen molar-refractivity contribution in [2.24, 2.45) is 0 Å². The van der Waals surface area contributed by atoms with Crippen LogP contribution in [0.25, 0.3) is 16.6 Å². The van der Waals surface area contributed by atoms with Crippen LogP contribution in [-0.4, -0.2) is 40.9 Å². The lowest BCUT2D eigenvalue weighted by Crippen LogP contribution is -2.38. The number of carbonyl (C=O) groups excluding carboxylic acids is 2. The van der Waals surface area contributed by atoms with Crippen LogP contribution in [0.15, 0.2) is 58.5 Å². The van der Waals surface area contributed by atoms with E-state index in [0.717, 1.165) is 11.8 Å². The molecule has 3 rings (SSSR count). The highest BCUT2D eigenvalue weighted by molar-refractivity contribution is 7.99. The normalized spacial score (nSPS) is 10.6. The fourth-order valence-corrected chi connectivity index (χ4v) is 3.46. The lowest BCUT2D eigenvalue weighted by atomic mass is 10.2.